The highest BCUT2D eigenvalue weighted by Crippen LogP contribution is 2.11. The summed E-state index contributed by atoms with van der Waals surface area (Å²) in [6.07, 6.45) is 25.7. The van der Waals surface area contributed by atoms with E-state index >= 15 is 0 Å². The first-order valence-corrected chi connectivity index (χ1v) is 24.5. The highest BCUT2D eigenvalue weighted by Gasteiger charge is 2.25. The predicted octanol–water partition coefficient (Wildman–Crippen LogP) is 6.79. The Kier molecular flexibility index (Phi) is 40.2. The number of aliphatic hydroxyl groups excluding tert-OH is 3. The van der Waals surface area contributed by atoms with Crippen LogP contribution >= 0.6 is 0 Å². The summed E-state index contributed by atoms with van der Waals surface area (Å²) in [4.78, 5) is 44.6. The number of amides is 3. The van der Waals surface area contributed by atoms with E-state index in [1.165, 1.54) is 103 Å². The smallest absolute Gasteiger partial charge is 0.250 e. The Bertz CT molecular complexity index is 933. The largest absolute Gasteiger partial charge is 0.382 e. The van der Waals surface area contributed by atoms with Gasteiger partial charge in [0.2, 0.25) is 17.7 Å². The maximum Gasteiger partial charge on any atom is 0.250 e. The van der Waals surface area contributed by atoms with Gasteiger partial charge in [-0.15, -0.1) is 0 Å². The van der Waals surface area contributed by atoms with Crippen molar-refractivity contribution >= 4 is 17.7 Å². The van der Waals surface area contributed by atoms with Crippen molar-refractivity contribution in [3.05, 3.63) is 0 Å². The number of unbranched alkanes of at least 4 members (excludes halogenated alkanes) is 21. The molecule has 3 atom stereocenters. The summed E-state index contributed by atoms with van der Waals surface area (Å²) >= 11 is 0. The van der Waals surface area contributed by atoms with Crippen LogP contribution in [0.3, 0.4) is 0 Å². The third-order valence-corrected chi connectivity index (χ3v) is 11.2. The maximum atomic E-state index is 12.9. The van der Waals surface area contributed by atoms with Crippen LogP contribution < -0.4 is 16.0 Å². The van der Waals surface area contributed by atoms with Crippen molar-refractivity contribution in [2.45, 2.75) is 206 Å². The molecule has 0 aromatic rings. The predicted molar refractivity (Wildman–Crippen MR) is 246 cm³/mol. The fourth-order valence-corrected chi connectivity index (χ4v) is 7.43. The van der Waals surface area contributed by atoms with Gasteiger partial charge in [-0.1, -0.05) is 156 Å². The minimum atomic E-state index is -1.31. The molecule has 0 heterocycles. The van der Waals surface area contributed by atoms with E-state index in [-0.39, 0.29) is 25.5 Å². The van der Waals surface area contributed by atoms with Crippen molar-refractivity contribution in [3.63, 3.8) is 0 Å². The molecule has 0 aliphatic rings. The fraction of sp³-hybridized carbons (Fsp3) is 0.936. The van der Waals surface area contributed by atoms with E-state index < -0.39 is 30.1 Å². The van der Waals surface area contributed by atoms with Crippen LogP contribution in [0.4, 0.5) is 0 Å². The molecule has 0 aliphatic heterocycles. The normalized spacial score (nSPS) is 13.3. The lowest BCUT2D eigenvalue weighted by atomic mass is 10.1. The minimum absolute atomic E-state index is 0.0178. The van der Waals surface area contributed by atoms with E-state index in [0.29, 0.717) is 45.7 Å². The number of hydrogen-bond donors (Lipinski definition) is 6. The van der Waals surface area contributed by atoms with Gasteiger partial charge >= 0.3 is 0 Å². The number of carbonyl (C=O) groups excluding carboxylic acids is 3. The molecule has 6 N–H and O–H groups in total. The third kappa shape index (κ3) is 36.5. The first-order valence-electron chi connectivity index (χ1n) is 24.5. The van der Waals surface area contributed by atoms with E-state index in [1.54, 1.807) is 4.90 Å². The first kappa shape index (κ1) is 57.2. The molecule has 0 radical (unpaired) electrons. The van der Waals surface area contributed by atoms with Crippen LogP contribution in [0.2, 0.25) is 0 Å². The molecular formula is C47H96N6O6. The number of nitrogens with zero attached hydrogens (tertiary/aromatic N) is 3. The summed E-state index contributed by atoms with van der Waals surface area (Å²) in [7, 11) is 4.04. The number of rotatable bonds is 44. The van der Waals surface area contributed by atoms with E-state index in [1.807, 2.05) is 14.1 Å². The molecule has 59 heavy (non-hydrogen) atoms. The van der Waals surface area contributed by atoms with Crippen LogP contribution in [0.15, 0.2) is 0 Å². The van der Waals surface area contributed by atoms with Crippen molar-refractivity contribution in [1.82, 2.24) is 30.7 Å². The monoisotopic (exact) mass is 841 g/mol. The molecule has 0 fully saturated rings. The molecule has 12 heteroatoms. The second kappa shape index (κ2) is 41.5. The summed E-state index contributed by atoms with van der Waals surface area (Å²) in [5, 5.41) is 41.4. The van der Waals surface area contributed by atoms with Gasteiger partial charge in [-0.05, 0) is 72.4 Å². The van der Waals surface area contributed by atoms with Crippen LogP contribution in [0.25, 0.3) is 0 Å². The van der Waals surface area contributed by atoms with Gasteiger partial charge < -0.3 is 41.1 Å². The summed E-state index contributed by atoms with van der Waals surface area (Å²) in [6, 6.07) is 0. The lowest BCUT2D eigenvalue weighted by Gasteiger charge is -2.29. The zero-order valence-corrected chi connectivity index (χ0v) is 39.1. The van der Waals surface area contributed by atoms with Crippen molar-refractivity contribution in [2.24, 2.45) is 0 Å². The van der Waals surface area contributed by atoms with Crippen LogP contribution in [-0.4, -0.2) is 146 Å². The average Bonchev–Trinajstić information content (AvgIpc) is 3.21. The van der Waals surface area contributed by atoms with Crippen LogP contribution in [-0.2, 0) is 14.4 Å². The van der Waals surface area contributed by atoms with E-state index in [9.17, 15) is 29.7 Å². The van der Waals surface area contributed by atoms with Gasteiger partial charge in [-0.3, -0.25) is 19.3 Å². The lowest BCUT2D eigenvalue weighted by Crippen LogP contribution is -2.49. The second-order valence-corrected chi connectivity index (χ2v) is 17.4. The van der Waals surface area contributed by atoms with Crippen molar-refractivity contribution in [1.29, 1.82) is 0 Å². The molecule has 0 bridgehead atoms. The minimum Gasteiger partial charge on any atom is -0.382 e. The SMILES string of the molecule is CCCCCCCCCCNC(=O)C(O)CN(CCCN(C)C)CCCN(CC(O)C(=O)NCCCCCCCCCC)CC(O)C(=O)NCCCCCCCCCC. The molecule has 0 saturated carbocycles. The van der Waals surface area contributed by atoms with Gasteiger partial charge in [0, 0.05) is 39.3 Å². The van der Waals surface area contributed by atoms with Crippen molar-refractivity contribution < 1.29 is 29.7 Å². The fourth-order valence-electron chi connectivity index (χ4n) is 7.43. The molecule has 0 aromatic heterocycles. The first-order chi connectivity index (χ1) is 28.5. The maximum absolute atomic E-state index is 12.9. The third-order valence-electron chi connectivity index (χ3n) is 11.2. The van der Waals surface area contributed by atoms with Gasteiger partial charge in [-0.25, -0.2) is 0 Å². The molecule has 0 rings (SSSR count). The standard InChI is InChI=1S/C47H96N6O6/c1-6-9-12-15-18-21-24-27-32-48-45(57)42(54)39-52(36-30-35-51(4)5)37-31-38-53(40-43(55)46(58)49-33-28-25-22-19-16-13-10-7-2)41-44(56)47(59)50-34-29-26-23-20-17-14-11-8-3/h42-44,54-56H,6-41H2,1-5H3,(H,48,57)(H,49,58)(H,50,59). The van der Waals surface area contributed by atoms with E-state index in [2.05, 4.69) is 46.5 Å². The Morgan fingerprint density at radius 2 is 0.627 bits per heavy atom. The zero-order valence-electron chi connectivity index (χ0n) is 39.1. The van der Waals surface area contributed by atoms with Crippen molar-refractivity contribution in [3.8, 4) is 0 Å². The summed E-state index contributed by atoms with van der Waals surface area (Å²) < 4.78 is 0. The molecule has 12 nitrogen and oxygen atoms in total. The number of carbonyl (C=O) groups is 3. The van der Waals surface area contributed by atoms with Gasteiger partial charge in [0.05, 0.1) is 0 Å². The summed E-state index contributed by atoms with van der Waals surface area (Å²) in [5.74, 6) is -1.24. The Morgan fingerprint density at radius 1 is 0.373 bits per heavy atom. The highest BCUT2D eigenvalue weighted by atomic mass is 16.3. The van der Waals surface area contributed by atoms with E-state index in [0.717, 1.165) is 64.3 Å². The van der Waals surface area contributed by atoms with E-state index in [4.69, 9.17) is 0 Å². The topological polar surface area (TPSA) is 158 Å². The summed E-state index contributed by atoms with van der Waals surface area (Å²) in [6.45, 7) is 10.9. The summed E-state index contributed by atoms with van der Waals surface area (Å²) in [5.41, 5.74) is 0. The lowest BCUT2D eigenvalue weighted by molar-refractivity contribution is -0.132. The molecule has 0 spiro atoms. The van der Waals surface area contributed by atoms with Gasteiger partial charge in [-0.2, -0.15) is 0 Å². The Morgan fingerprint density at radius 3 is 0.932 bits per heavy atom. The van der Waals surface area contributed by atoms with Crippen LogP contribution in [0, 0.1) is 0 Å². The molecule has 350 valence electrons. The molecule has 0 saturated heterocycles. The second-order valence-electron chi connectivity index (χ2n) is 17.4. The van der Waals surface area contributed by atoms with Crippen molar-refractivity contribution in [2.75, 3.05) is 79.5 Å². The highest BCUT2D eigenvalue weighted by molar-refractivity contribution is 5.81. The molecule has 3 unspecified atom stereocenters. The average molecular weight is 841 g/mol. The zero-order chi connectivity index (χ0) is 43.8. The Hall–Kier alpha value is -1.83. The Labute approximate surface area is 362 Å². The van der Waals surface area contributed by atoms with Gasteiger partial charge in [0.1, 0.15) is 18.3 Å². The Balaban J connectivity index is 5.21. The molecule has 0 aromatic carbocycles. The molecule has 3 amide bonds. The quantitative estimate of drug-likeness (QED) is 0.0364. The molecule has 0 aliphatic carbocycles. The number of aliphatic hydroxyl groups is 3. The van der Waals surface area contributed by atoms with Crippen LogP contribution in [0.5, 0.6) is 0 Å². The number of hydrogen-bond acceptors (Lipinski definition) is 9. The van der Waals surface area contributed by atoms with Gasteiger partial charge in [0.25, 0.3) is 0 Å². The number of nitrogens with one attached hydrogen (secondary N) is 3. The molecular weight excluding hydrogens is 745 g/mol. The van der Waals surface area contributed by atoms with Gasteiger partial charge in [0.15, 0.2) is 0 Å². The van der Waals surface area contributed by atoms with Crippen LogP contribution in [0.1, 0.15) is 188 Å².